The van der Waals surface area contributed by atoms with Crippen molar-refractivity contribution < 1.29 is 9.53 Å². The second kappa shape index (κ2) is 7.39. The van der Waals surface area contributed by atoms with E-state index >= 15 is 0 Å². The van der Waals surface area contributed by atoms with E-state index in [0.29, 0.717) is 18.9 Å². The zero-order chi connectivity index (χ0) is 13.5. The van der Waals surface area contributed by atoms with Gasteiger partial charge < -0.3 is 10.1 Å². The van der Waals surface area contributed by atoms with E-state index in [1.165, 1.54) is 0 Å². The maximum absolute atomic E-state index is 11.9. The molecule has 3 nitrogen and oxygen atoms in total. The molecule has 0 saturated heterocycles. The number of amides is 1. The Kier molecular flexibility index (Phi) is 6.16. The van der Waals surface area contributed by atoms with Gasteiger partial charge in [0.1, 0.15) is 0 Å². The first-order valence-electron chi connectivity index (χ1n) is 5.97. The second-order valence-electron chi connectivity index (χ2n) is 4.48. The lowest BCUT2D eigenvalue weighted by atomic mass is 10.0. The van der Waals surface area contributed by atoms with Crippen molar-refractivity contribution in [3.8, 4) is 0 Å². The Morgan fingerprint density at radius 3 is 2.78 bits per heavy atom. The van der Waals surface area contributed by atoms with Gasteiger partial charge in [0.2, 0.25) is 5.91 Å². The van der Waals surface area contributed by atoms with Crippen molar-refractivity contribution >= 4 is 17.5 Å². The molecule has 1 rings (SSSR count). The Morgan fingerprint density at radius 2 is 2.17 bits per heavy atom. The van der Waals surface area contributed by atoms with Crippen LogP contribution in [0, 0.1) is 13.8 Å². The molecule has 0 heterocycles. The van der Waals surface area contributed by atoms with Gasteiger partial charge in [-0.15, -0.1) is 11.6 Å². The van der Waals surface area contributed by atoms with Crippen LogP contribution in [0.5, 0.6) is 0 Å². The van der Waals surface area contributed by atoms with Crippen LogP contribution in [0.25, 0.3) is 0 Å². The van der Waals surface area contributed by atoms with Crippen molar-refractivity contribution in [2.45, 2.75) is 26.3 Å². The molecule has 1 atom stereocenters. The molecule has 0 aliphatic carbocycles. The normalized spacial score (nSPS) is 12.2. The number of carbonyl (C=O) groups is 1. The van der Waals surface area contributed by atoms with Gasteiger partial charge in [-0.25, -0.2) is 0 Å². The summed E-state index contributed by atoms with van der Waals surface area (Å²) >= 11 is 5.76. The van der Waals surface area contributed by atoms with E-state index in [2.05, 4.69) is 5.32 Å². The number of hydrogen-bond donors (Lipinski definition) is 1. The lowest BCUT2D eigenvalue weighted by Crippen LogP contribution is -2.40. The Labute approximate surface area is 113 Å². The van der Waals surface area contributed by atoms with E-state index in [1.807, 2.05) is 32.0 Å². The molecule has 1 aromatic rings. The molecule has 1 unspecified atom stereocenters. The van der Waals surface area contributed by atoms with Gasteiger partial charge in [-0.2, -0.15) is 0 Å². The SMILES string of the molecule is COCC(CCl)NC(=O)Cc1cc(C)ccc1C. The number of benzene rings is 1. The van der Waals surface area contributed by atoms with Crippen molar-refractivity contribution in [1.82, 2.24) is 5.32 Å². The number of alkyl halides is 1. The predicted molar refractivity (Wildman–Crippen MR) is 74.1 cm³/mol. The van der Waals surface area contributed by atoms with Crippen LogP contribution in [-0.4, -0.2) is 31.5 Å². The summed E-state index contributed by atoms with van der Waals surface area (Å²) in [5.74, 6) is 0.332. The fourth-order valence-corrected chi connectivity index (χ4v) is 1.93. The molecule has 18 heavy (non-hydrogen) atoms. The Morgan fingerprint density at radius 1 is 1.44 bits per heavy atom. The summed E-state index contributed by atoms with van der Waals surface area (Å²) in [5, 5.41) is 2.87. The van der Waals surface area contributed by atoms with Gasteiger partial charge in [-0.3, -0.25) is 4.79 Å². The van der Waals surface area contributed by atoms with Crippen LogP contribution in [0.4, 0.5) is 0 Å². The molecular formula is C14H20ClNO2. The second-order valence-corrected chi connectivity index (χ2v) is 4.79. The molecule has 0 spiro atoms. The van der Waals surface area contributed by atoms with Crippen molar-refractivity contribution in [3.63, 3.8) is 0 Å². The molecule has 1 amide bonds. The number of rotatable bonds is 6. The lowest BCUT2D eigenvalue weighted by Gasteiger charge is -2.15. The monoisotopic (exact) mass is 269 g/mol. The number of hydrogen-bond acceptors (Lipinski definition) is 2. The number of ether oxygens (including phenoxy) is 1. The van der Waals surface area contributed by atoms with E-state index in [9.17, 15) is 4.79 Å². The lowest BCUT2D eigenvalue weighted by molar-refractivity contribution is -0.121. The molecule has 0 aliphatic rings. The number of methoxy groups -OCH3 is 1. The summed E-state index contributed by atoms with van der Waals surface area (Å²) < 4.78 is 4.99. The van der Waals surface area contributed by atoms with Crippen molar-refractivity contribution in [2.24, 2.45) is 0 Å². The zero-order valence-corrected chi connectivity index (χ0v) is 11.9. The van der Waals surface area contributed by atoms with Crippen molar-refractivity contribution in [2.75, 3.05) is 19.6 Å². The molecule has 0 bridgehead atoms. The maximum atomic E-state index is 11.9. The minimum Gasteiger partial charge on any atom is -0.383 e. The third kappa shape index (κ3) is 4.67. The number of carbonyl (C=O) groups excluding carboxylic acids is 1. The summed E-state index contributed by atoms with van der Waals surface area (Å²) in [5.41, 5.74) is 3.34. The zero-order valence-electron chi connectivity index (χ0n) is 11.1. The van der Waals surface area contributed by atoms with Crippen LogP contribution < -0.4 is 5.32 Å². The fourth-order valence-electron chi connectivity index (χ4n) is 1.77. The van der Waals surface area contributed by atoms with E-state index in [4.69, 9.17) is 16.3 Å². The van der Waals surface area contributed by atoms with Crippen LogP contribution in [0.3, 0.4) is 0 Å². The smallest absolute Gasteiger partial charge is 0.224 e. The third-order valence-electron chi connectivity index (χ3n) is 2.77. The highest BCUT2D eigenvalue weighted by molar-refractivity contribution is 6.18. The molecule has 1 N–H and O–H groups in total. The molecule has 0 saturated carbocycles. The van der Waals surface area contributed by atoms with E-state index in [0.717, 1.165) is 16.7 Å². The minimum atomic E-state index is -0.130. The number of nitrogens with one attached hydrogen (secondary N) is 1. The highest BCUT2D eigenvalue weighted by Gasteiger charge is 2.12. The Hall–Kier alpha value is -1.06. The van der Waals surface area contributed by atoms with E-state index in [1.54, 1.807) is 7.11 Å². The Bertz CT molecular complexity index is 407. The minimum absolute atomic E-state index is 0.0219. The molecule has 0 radical (unpaired) electrons. The van der Waals surface area contributed by atoms with Crippen LogP contribution in [0.2, 0.25) is 0 Å². The molecule has 1 aromatic carbocycles. The van der Waals surface area contributed by atoms with E-state index < -0.39 is 0 Å². The van der Waals surface area contributed by atoms with Crippen LogP contribution >= 0.6 is 11.6 Å². The van der Waals surface area contributed by atoms with Gasteiger partial charge in [-0.05, 0) is 25.0 Å². The highest BCUT2D eigenvalue weighted by Crippen LogP contribution is 2.11. The van der Waals surface area contributed by atoms with Crippen molar-refractivity contribution in [3.05, 3.63) is 34.9 Å². The topological polar surface area (TPSA) is 38.3 Å². The summed E-state index contributed by atoms with van der Waals surface area (Å²) in [6, 6.07) is 5.99. The molecule has 4 heteroatoms. The molecule has 0 aliphatic heterocycles. The molecule has 100 valence electrons. The molecule has 0 aromatic heterocycles. The maximum Gasteiger partial charge on any atom is 0.224 e. The summed E-state index contributed by atoms with van der Waals surface area (Å²) in [4.78, 5) is 11.9. The molecule has 0 fully saturated rings. The van der Waals surface area contributed by atoms with Gasteiger partial charge in [0.15, 0.2) is 0 Å². The standard InChI is InChI=1S/C14H20ClNO2/c1-10-4-5-11(2)12(6-10)7-14(17)16-13(8-15)9-18-3/h4-6,13H,7-9H2,1-3H3,(H,16,17). The molecular weight excluding hydrogens is 250 g/mol. The quantitative estimate of drug-likeness (QED) is 0.804. The summed E-state index contributed by atoms with van der Waals surface area (Å²) in [7, 11) is 1.59. The predicted octanol–water partition coefficient (Wildman–Crippen LogP) is 2.22. The third-order valence-corrected chi connectivity index (χ3v) is 3.15. The first-order valence-corrected chi connectivity index (χ1v) is 6.50. The number of halogens is 1. The first-order chi connectivity index (χ1) is 8.56. The first kappa shape index (κ1) is 15.0. The van der Waals surface area contributed by atoms with Crippen LogP contribution in [-0.2, 0) is 16.0 Å². The van der Waals surface area contributed by atoms with Gasteiger partial charge >= 0.3 is 0 Å². The van der Waals surface area contributed by atoms with Gasteiger partial charge in [0.25, 0.3) is 0 Å². The van der Waals surface area contributed by atoms with Gasteiger partial charge in [0.05, 0.1) is 19.1 Å². The van der Waals surface area contributed by atoms with Crippen LogP contribution in [0.1, 0.15) is 16.7 Å². The summed E-state index contributed by atoms with van der Waals surface area (Å²) in [6.07, 6.45) is 0.380. The average Bonchev–Trinajstić information content (AvgIpc) is 2.33. The number of aryl methyl sites for hydroxylation is 2. The van der Waals surface area contributed by atoms with E-state index in [-0.39, 0.29) is 11.9 Å². The van der Waals surface area contributed by atoms with Crippen LogP contribution in [0.15, 0.2) is 18.2 Å². The van der Waals surface area contributed by atoms with Crippen molar-refractivity contribution in [1.29, 1.82) is 0 Å². The highest BCUT2D eigenvalue weighted by atomic mass is 35.5. The Balaban J connectivity index is 2.61. The average molecular weight is 270 g/mol. The summed E-state index contributed by atoms with van der Waals surface area (Å²) in [6.45, 7) is 4.46. The van der Waals surface area contributed by atoms with Gasteiger partial charge in [-0.1, -0.05) is 23.8 Å². The van der Waals surface area contributed by atoms with Gasteiger partial charge in [0, 0.05) is 13.0 Å². The largest absolute Gasteiger partial charge is 0.383 e. The fraction of sp³-hybridized carbons (Fsp3) is 0.500.